The number of amides is 1. The first-order valence-electron chi connectivity index (χ1n) is 6.98. The van der Waals surface area contributed by atoms with Crippen molar-refractivity contribution in [1.82, 2.24) is 10.2 Å². The van der Waals surface area contributed by atoms with Gasteiger partial charge in [0.05, 0.1) is 32.9 Å². The van der Waals surface area contributed by atoms with Gasteiger partial charge < -0.3 is 19.1 Å². The normalized spacial score (nSPS) is 21.6. The van der Waals surface area contributed by atoms with Gasteiger partial charge in [0.15, 0.2) is 0 Å². The Morgan fingerprint density at radius 2 is 1.33 bits per heavy atom. The van der Waals surface area contributed by atoms with Gasteiger partial charge in [0.25, 0.3) is 0 Å². The van der Waals surface area contributed by atoms with E-state index in [1.165, 1.54) is 4.90 Å². The average Bonchev–Trinajstić information content (AvgIpc) is 2.47. The molecule has 2 unspecified atom stereocenters. The summed E-state index contributed by atoms with van der Waals surface area (Å²) in [6.07, 6.45) is -0.587. The number of esters is 2. The van der Waals surface area contributed by atoms with Crippen LogP contribution in [-0.4, -0.2) is 67.9 Å². The van der Waals surface area contributed by atoms with Crippen molar-refractivity contribution in [2.24, 2.45) is 0 Å². The first kappa shape index (κ1) is 17.2. The van der Waals surface area contributed by atoms with Gasteiger partial charge in [0.2, 0.25) is 0 Å². The zero-order chi connectivity index (χ0) is 15.8. The molecule has 0 saturated carbocycles. The lowest BCUT2D eigenvalue weighted by Gasteiger charge is -2.34. The Morgan fingerprint density at radius 1 is 0.905 bits per heavy atom. The summed E-state index contributed by atoms with van der Waals surface area (Å²) in [5.74, 6) is -1.14. The SMILES string of the molecule is CCOC(=O)C1CN(C(=O)OCC)CC(C(=O)OCC)[N]1. The predicted molar refractivity (Wildman–Crippen MR) is 71.6 cm³/mol. The average molecular weight is 301 g/mol. The smallest absolute Gasteiger partial charge is 0.409 e. The second-order valence-electron chi connectivity index (χ2n) is 4.29. The zero-order valence-electron chi connectivity index (χ0n) is 12.5. The Balaban J connectivity index is 2.79. The van der Waals surface area contributed by atoms with Gasteiger partial charge in [-0.1, -0.05) is 0 Å². The van der Waals surface area contributed by atoms with Gasteiger partial charge in [-0.05, 0) is 20.8 Å². The minimum absolute atomic E-state index is 0.0353. The topological polar surface area (TPSA) is 96.2 Å². The summed E-state index contributed by atoms with van der Waals surface area (Å²) in [6.45, 7) is 5.71. The first-order chi connectivity index (χ1) is 10.0. The molecule has 1 radical (unpaired) electrons. The molecule has 1 saturated heterocycles. The van der Waals surface area contributed by atoms with Crippen LogP contribution in [0, 0.1) is 0 Å². The van der Waals surface area contributed by atoms with Gasteiger partial charge in [0, 0.05) is 0 Å². The van der Waals surface area contributed by atoms with Gasteiger partial charge in [-0.3, -0.25) is 9.59 Å². The first-order valence-corrected chi connectivity index (χ1v) is 6.98. The van der Waals surface area contributed by atoms with E-state index in [9.17, 15) is 14.4 Å². The van der Waals surface area contributed by atoms with E-state index >= 15 is 0 Å². The van der Waals surface area contributed by atoms with Crippen molar-refractivity contribution >= 4 is 18.0 Å². The lowest BCUT2D eigenvalue weighted by molar-refractivity contribution is -0.151. The van der Waals surface area contributed by atoms with E-state index in [0.717, 1.165) is 0 Å². The molecule has 8 nitrogen and oxygen atoms in total. The second kappa shape index (κ2) is 8.46. The number of nitrogens with zero attached hydrogens (tertiary/aromatic N) is 2. The van der Waals surface area contributed by atoms with Crippen molar-refractivity contribution in [3.63, 3.8) is 0 Å². The fourth-order valence-corrected chi connectivity index (χ4v) is 1.92. The minimum Gasteiger partial charge on any atom is -0.465 e. The Hall–Kier alpha value is -1.83. The summed E-state index contributed by atoms with van der Waals surface area (Å²) in [5.41, 5.74) is 0. The maximum absolute atomic E-state index is 11.8. The molecule has 0 aliphatic carbocycles. The highest BCUT2D eigenvalue weighted by molar-refractivity contribution is 5.82. The lowest BCUT2D eigenvalue weighted by Crippen LogP contribution is -2.60. The van der Waals surface area contributed by atoms with Crippen molar-refractivity contribution in [2.75, 3.05) is 32.9 Å². The number of hydrogen-bond acceptors (Lipinski definition) is 6. The fraction of sp³-hybridized carbons (Fsp3) is 0.769. The molecule has 1 amide bonds. The Morgan fingerprint density at radius 3 is 1.71 bits per heavy atom. The third-order valence-corrected chi connectivity index (χ3v) is 2.79. The Kier molecular flexibility index (Phi) is 6.93. The van der Waals surface area contributed by atoms with Crippen LogP contribution in [0.3, 0.4) is 0 Å². The molecule has 1 rings (SSSR count). The molecule has 1 heterocycles. The molecule has 0 N–H and O–H groups in total. The van der Waals surface area contributed by atoms with E-state index in [4.69, 9.17) is 14.2 Å². The van der Waals surface area contributed by atoms with Crippen LogP contribution in [0.4, 0.5) is 4.79 Å². The molecule has 0 spiro atoms. The number of carbonyl (C=O) groups excluding carboxylic acids is 3. The highest BCUT2D eigenvalue weighted by atomic mass is 16.6. The largest absolute Gasteiger partial charge is 0.465 e. The van der Waals surface area contributed by atoms with E-state index in [1.807, 2.05) is 0 Å². The monoisotopic (exact) mass is 301 g/mol. The fourth-order valence-electron chi connectivity index (χ4n) is 1.92. The molecule has 8 heteroatoms. The number of hydrogen-bond donors (Lipinski definition) is 0. The molecule has 1 aliphatic heterocycles. The summed E-state index contributed by atoms with van der Waals surface area (Å²) in [5, 5.41) is 4.11. The Labute approximate surface area is 123 Å². The minimum atomic E-state index is -0.905. The number of piperazine rings is 1. The van der Waals surface area contributed by atoms with E-state index < -0.39 is 30.1 Å². The maximum Gasteiger partial charge on any atom is 0.409 e. The number of carbonyl (C=O) groups is 3. The highest BCUT2D eigenvalue weighted by Crippen LogP contribution is 2.11. The van der Waals surface area contributed by atoms with Crippen molar-refractivity contribution in [3.8, 4) is 0 Å². The standard InChI is InChI=1S/C13H21N2O6/c1-4-19-11(16)9-7-15(13(18)21-6-3)8-10(14-9)12(17)20-5-2/h9-10H,4-8H2,1-3H3. The molecule has 0 aromatic carbocycles. The van der Waals surface area contributed by atoms with Gasteiger partial charge in [-0.15, -0.1) is 0 Å². The Bertz CT molecular complexity index is 324. The molecule has 1 aliphatic rings. The van der Waals surface area contributed by atoms with Crippen molar-refractivity contribution in [2.45, 2.75) is 32.9 Å². The van der Waals surface area contributed by atoms with Crippen LogP contribution in [0.1, 0.15) is 20.8 Å². The van der Waals surface area contributed by atoms with Gasteiger partial charge in [-0.25, -0.2) is 10.1 Å². The van der Waals surface area contributed by atoms with Crippen LogP contribution in [-0.2, 0) is 23.8 Å². The van der Waals surface area contributed by atoms with Crippen LogP contribution in [0.5, 0.6) is 0 Å². The molecular weight excluding hydrogens is 280 g/mol. The maximum atomic E-state index is 11.8. The molecule has 0 aromatic rings. The second-order valence-corrected chi connectivity index (χ2v) is 4.29. The van der Waals surface area contributed by atoms with E-state index in [1.54, 1.807) is 20.8 Å². The van der Waals surface area contributed by atoms with Crippen LogP contribution >= 0.6 is 0 Å². The number of ether oxygens (including phenoxy) is 3. The molecular formula is C13H21N2O6. The molecule has 0 aromatic heterocycles. The summed E-state index contributed by atoms with van der Waals surface area (Å²) in [7, 11) is 0. The summed E-state index contributed by atoms with van der Waals surface area (Å²) in [6, 6.07) is -1.81. The predicted octanol–water partition coefficient (Wildman–Crippen LogP) is -0.0737. The lowest BCUT2D eigenvalue weighted by atomic mass is 10.1. The van der Waals surface area contributed by atoms with Crippen LogP contribution in [0.2, 0.25) is 0 Å². The van der Waals surface area contributed by atoms with Crippen LogP contribution in [0.25, 0.3) is 0 Å². The molecule has 119 valence electrons. The zero-order valence-corrected chi connectivity index (χ0v) is 12.5. The van der Waals surface area contributed by atoms with E-state index in [0.29, 0.717) is 0 Å². The highest BCUT2D eigenvalue weighted by Gasteiger charge is 2.39. The molecule has 2 atom stereocenters. The van der Waals surface area contributed by atoms with Gasteiger partial charge >= 0.3 is 18.0 Å². The summed E-state index contributed by atoms with van der Waals surface area (Å²) < 4.78 is 14.7. The quantitative estimate of drug-likeness (QED) is 0.521. The third-order valence-electron chi connectivity index (χ3n) is 2.79. The molecule has 1 fully saturated rings. The van der Waals surface area contributed by atoms with Gasteiger partial charge in [0.1, 0.15) is 12.1 Å². The third kappa shape index (κ3) is 4.89. The van der Waals surface area contributed by atoms with E-state index in [2.05, 4.69) is 5.32 Å². The molecule has 0 bridgehead atoms. The van der Waals surface area contributed by atoms with Crippen molar-refractivity contribution in [3.05, 3.63) is 0 Å². The van der Waals surface area contributed by atoms with Crippen molar-refractivity contribution in [1.29, 1.82) is 0 Å². The molecule has 21 heavy (non-hydrogen) atoms. The number of rotatable bonds is 5. The van der Waals surface area contributed by atoms with E-state index in [-0.39, 0.29) is 32.9 Å². The summed E-state index contributed by atoms with van der Waals surface area (Å²) in [4.78, 5) is 36.7. The summed E-state index contributed by atoms with van der Waals surface area (Å²) >= 11 is 0. The van der Waals surface area contributed by atoms with Gasteiger partial charge in [-0.2, -0.15) is 0 Å². The van der Waals surface area contributed by atoms with Crippen molar-refractivity contribution < 1.29 is 28.6 Å². The van der Waals surface area contributed by atoms with Crippen LogP contribution in [0.15, 0.2) is 0 Å². The van der Waals surface area contributed by atoms with Crippen LogP contribution < -0.4 is 5.32 Å².